The molecule has 0 saturated heterocycles. The van der Waals surface area contributed by atoms with Crippen LogP contribution >= 0.6 is 0 Å². The fourth-order valence-corrected chi connectivity index (χ4v) is 1.33. The smallest absolute Gasteiger partial charge is 0.409 e. The van der Waals surface area contributed by atoms with E-state index >= 15 is 0 Å². The maximum Gasteiger partial charge on any atom is 0.409 e. The van der Waals surface area contributed by atoms with Gasteiger partial charge in [0.1, 0.15) is 6.17 Å². The predicted molar refractivity (Wildman–Crippen MR) is 67.0 cm³/mol. The highest BCUT2D eigenvalue weighted by atomic mass is 16.5. The zero-order chi connectivity index (χ0) is 14.1. The average molecular weight is 263 g/mol. The highest BCUT2D eigenvalue weighted by Crippen LogP contribution is 2.10. The Labute approximate surface area is 109 Å². The van der Waals surface area contributed by atoms with E-state index in [1.165, 1.54) is 0 Å². The topological polar surface area (TPSA) is 116 Å². The van der Waals surface area contributed by atoms with Crippen molar-refractivity contribution in [1.82, 2.24) is 10.6 Å². The van der Waals surface area contributed by atoms with Crippen molar-refractivity contribution >= 4 is 12.1 Å². The highest BCUT2D eigenvalue weighted by molar-refractivity contribution is 5.76. The maximum absolute atomic E-state index is 11.4. The Morgan fingerprint density at radius 1 is 1.37 bits per heavy atom. The number of urea groups is 1. The van der Waals surface area contributed by atoms with Crippen molar-refractivity contribution in [3.8, 4) is 0 Å². The lowest BCUT2D eigenvalue weighted by Gasteiger charge is -2.19. The van der Waals surface area contributed by atoms with Crippen LogP contribution in [0, 0.1) is 0 Å². The van der Waals surface area contributed by atoms with Gasteiger partial charge < -0.3 is 10.1 Å². The summed E-state index contributed by atoms with van der Waals surface area (Å²) in [4.78, 5) is 25.0. The number of benzene rings is 1. The number of nitrogens with one attached hydrogen (secondary N) is 2. The van der Waals surface area contributed by atoms with Crippen LogP contribution in [0.1, 0.15) is 18.7 Å². The van der Waals surface area contributed by atoms with Crippen LogP contribution in [0.3, 0.4) is 0 Å². The zero-order valence-electron chi connectivity index (χ0n) is 10.2. The van der Waals surface area contributed by atoms with Crippen LogP contribution in [-0.2, 0) is 4.74 Å². The number of alkyl carbamates (subject to hydrolysis) is 1. The molecule has 0 aliphatic rings. The third kappa shape index (κ3) is 4.97. The minimum atomic E-state index is -0.895. The molecule has 0 aliphatic heterocycles. The van der Waals surface area contributed by atoms with Crippen LogP contribution in [0.4, 0.5) is 9.59 Å². The number of hydrogen-bond acceptors (Lipinski definition) is 3. The highest BCUT2D eigenvalue weighted by Gasteiger charge is 2.16. The van der Waals surface area contributed by atoms with Crippen molar-refractivity contribution in [2.45, 2.75) is 13.1 Å². The van der Waals surface area contributed by atoms with Crippen molar-refractivity contribution in [2.24, 2.45) is 5.11 Å². The van der Waals surface area contributed by atoms with E-state index in [9.17, 15) is 9.59 Å². The first-order valence-corrected chi connectivity index (χ1v) is 5.51. The Bertz CT molecular complexity index is 484. The Morgan fingerprint density at radius 3 is 2.63 bits per heavy atom. The lowest BCUT2D eigenvalue weighted by Crippen LogP contribution is -2.40. The Kier molecular flexibility index (Phi) is 5.71. The van der Waals surface area contributed by atoms with E-state index in [1.807, 2.05) is 0 Å². The number of nitrogens with zero attached hydrogens (tertiary/aromatic N) is 3. The minimum Gasteiger partial charge on any atom is -0.450 e. The summed E-state index contributed by atoms with van der Waals surface area (Å²) in [5.74, 6) is 0. The molecule has 0 bridgehead atoms. The van der Waals surface area contributed by atoms with E-state index in [1.54, 1.807) is 37.3 Å². The fourth-order valence-electron chi connectivity index (χ4n) is 1.33. The zero-order valence-corrected chi connectivity index (χ0v) is 10.2. The molecule has 0 aromatic heterocycles. The summed E-state index contributed by atoms with van der Waals surface area (Å²) in [5.41, 5.74) is 8.79. The summed E-state index contributed by atoms with van der Waals surface area (Å²) >= 11 is 0. The lowest BCUT2D eigenvalue weighted by molar-refractivity contribution is 0.146. The summed E-state index contributed by atoms with van der Waals surface area (Å²) in [7, 11) is 0. The number of hydrogen-bond donors (Lipinski definition) is 2. The van der Waals surface area contributed by atoms with Gasteiger partial charge in [-0.3, -0.25) is 10.1 Å². The van der Waals surface area contributed by atoms with Crippen LogP contribution in [0.25, 0.3) is 10.4 Å². The monoisotopic (exact) mass is 263 g/mol. The van der Waals surface area contributed by atoms with E-state index in [0.29, 0.717) is 5.56 Å². The molecule has 0 saturated carbocycles. The Morgan fingerprint density at radius 2 is 2.05 bits per heavy atom. The molecule has 100 valence electrons. The molecule has 0 spiro atoms. The van der Waals surface area contributed by atoms with Gasteiger partial charge in [-0.25, -0.2) is 4.79 Å². The molecule has 0 aliphatic carbocycles. The number of azide groups is 1. The van der Waals surface area contributed by atoms with Crippen LogP contribution < -0.4 is 10.6 Å². The van der Waals surface area contributed by atoms with Crippen molar-refractivity contribution in [1.29, 1.82) is 0 Å². The molecule has 1 rings (SSSR count). The van der Waals surface area contributed by atoms with Gasteiger partial charge >= 0.3 is 12.1 Å². The van der Waals surface area contributed by atoms with E-state index in [4.69, 9.17) is 10.3 Å². The standard InChI is InChI=1S/C11H13N5O3/c1-2-19-11(18)14-9(13-10(17)15-16-12)8-6-4-3-5-7-8/h3-7,9H,2H2,1H3,(H,13,17)(H,14,18). The predicted octanol–water partition coefficient (Wildman–Crippen LogP) is 2.45. The number of ether oxygens (including phenoxy) is 1. The lowest BCUT2D eigenvalue weighted by atomic mass is 10.2. The van der Waals surface area contributed by atoms with E-state index in [2.05, 4.69) is 20.7 Å². The second-order valence-electron chi connectivity index (χ2n) is 3.35. The first kappa shape index (κ1) is 14.3. The minimum absolute atomic E-state index is 0.206. The van der Waals surface area contributed by atoms with Crippen molar-refractivity contribution in [3.05, 3.63) is 46.3 Å². The molecule has 0 radical (unpaired) electrons. The van der Waals surface area contributed by atoms with Crippen LogP contribution in [0.5, 0.6) is 0 Å². The fraction of sp³-hybridized carbons (Fsp3) is 0.273. The van der Waals surface area contributed by atoms with Gasteiger partial charge in [-0.15, -0.1) is 0 Å². The molecule has 0 fully saturated rings. The van der Waals surface area contributed by atoms with Crippen LogP contribution in [0.2, 0.25) is 0 Å². The van der Waals surface area contributed by atoms with Gasteiger partial charge in [0.15, 0.2) is 0 Å². The van der Waals surface area contributed by atoms with Gasteiger partial charge in [0.05, 0.1) is 6.61 Å². The first-order chi connectivity index (χ1) is 9.17. The molecule has 1 aromatic rings. The van der Waals surface area contributed by atoms with Crippen molar-refractivity contribution in [2.75, 3.05) is 6.61 Å². The van der Waals surface area contributed by atoms with E-state index in [-0.39, 0.29) is 6.61 Å². The number of carbonyl (C=O) groups excluding carboxylic acids is 2. The maximum atomic E-state index is 11.4. The molecular weight excluding hydrogens is 250 g/mol. The normalized spacial score (nSPS) is 10.8. The SMILES string of the molecule is CCOC(=O)NC(NC(=O)N=[N+]=[N-])c1ccccc1. The van der Waals surface area contributed by atoms with Gasteiger partial charge in [0.25, 0.3) is 0 Å². The summed E-state index contributed by atoms with van der Waals surface area (Å²) in [5, 5.41) is 7.68. The molecule has 8 heteroatoms. The summed E-state index contributed by atoms with van der Waals surface area (Å²) in [6.07, 6.45) is -1.52. The summed E-state index contributed by atoms with van der Waals surface area (Å²) in [6, 6.07) is 7.79. The molecule has 1 atom stereocenters. The van der Waals surface area contributed by atoms with Gasteiger partial charge in [-0.1, -0.05) is 30.3 Å². The molecule has 1 aromatic carbocycles. The quantitative estimate of drug-likeness (QED) is 0.376. The van der Waals surface area contributed by atoms with Gasteiger partial charge in [-0.2, -0.15) is 0 Å². The molecule has 3 amide bonds. The van der Waals surface area contributed by atoms with Gasteiger partial charge in [-0.05, 0) is 18.0 Å². The average Bonchev–Trinajstić information content (AvgIpc) is 2.39. The van der Waals surface area contributed by atoms with Gasteiger partial charge in [0.2, 0.25) is 0 Å². The third-order valence-corrected chi connectivity index (χ3v) is 2.07. The third-order valence-electron chi connectivity index (χ3n) is 2.07. The van der Waals surface area contributed by atoms with Gasteiger partial charge in [0, 0.05) is 10.0 Å². The second kappa shape index (κ2) is 7.57. The number of carbonyl (C=O) groups is 2. The Hall–Kier alpha value is -2.73. The van der Waals surface area contributed by atoms with Crippen LogP contribution in [0.15, 0.2) is 35.4 Å². The molecule has 0 heterocycles. The summed E-state index contributed by atoms with van der Waals surface area (Å²) < 4.78 is 4.73. The largest absolute Gasteiger partial charge is 0.450 e. The van der Waals surface area contributed by atoms with E-state index in [0.717, 1.165) is 0 Å². The summed E-state index contributed by atoms with van der Waals surface area (Å²) in [6.45, 7) is 1.87. The Balaban J connectivity index is 2.82. The van der Waals surface area contributed by atoms with Crippen molar-refractivity contribution in [3.63, 3.8) is 0 Å². The molecule has 1 unspecified atom stereocenters. The molecular formula is C11H13N5O3. The van der Waals surface area contributed by atoms with Crippen molar-refractivity contribution < 1.29 is 14.3 Å². The van der Waals surface area contributed by atoms with Crippen LogP contribution in [-0.4, -0.2) is 18.7 Å². The molecule has 19 heavy (non-hydrogen) atoms. The number of rotatable bonds is 4. The molecule has 8 nitrogen and oxygen atoms in total. The second-order valence-corrected chi connectivity index (χ2v) is 3.35. The first-order valence-electron chi connectivity index (χ1n) is 5.51. The number of amides is 3. The van der Waals surface area contributed by atoms with E-state index < -0.39 is 18.3 Å². The molecule has 2 N–H and O–H groups in total.